The maximum atomic E-state index is 14.5. The summed E-state index contributed by atoms with van der Waals surface area (Å²) >= 11 is 3.26. The maximum absolute atomic E-state index is 14.5. The summed E-state index contributed by atoms with van der Waals surface area (Å²) in [6, 6.07) is 29.3. The molecule has 1 fully saturated rings. The van der Waals surface area contributed by atoms with Crippen LogP contribution in [-0.4, -0.2) is 53.9 Å². The van der Waals surface area contributed by atoms with Crippen LogP contribution in [0.25, 0.3) is 10.4 Å². The van der Waals surface area contributed by atoms with Gasteiger partial charge in [-0.15, -0.1) is 22.7 Å². The minimum atomic E-state index is -2.94. The zero-order valence-corrected chi connectivity index (χ0v) is 33.6. The number of likely N-dealkylation sites (tertiary alicyclic amines) is 1. The van der Waals surface area contributed by atoms with Gasteiger partial charge in [0, 0.05) is 35.9 Å². The van der Waals surface area contributed by atoms with Crippen molar-refractivity contribution in [2.24, 2.45) is 11.1 Å². The van der Waals surface area contributed by atoms with E-state index in [1.54, 1.807) is 22.7 Å². The van der Waals surface area contributed by atoms with E-state index in [-0.39, 0.29) is 23.1 Å². The Labute approximate surface area is 316 Å². The molecule has 0 bridgehead atoms. The summed E-state index contributed by atoms with van der Waals surface area (Å²) in [6.45, 7) is 14.8. The quantitative estimate of drug-likeness (QED) is 0.146. The molecule has 1 aliphatic heterocycles. The van der Waals surface area contributed by atoms with Gasteiger partial charge in [0.15, 0.2) is 6.10 Å². The summed E-state index contributed by atoms with van der Waals surface area (Å²) in [4.78, 5) is 40.0. The molecule has 0 aliphatic carbocycles. The Morgan fingerprint density at radius 3 is 2.06 bits per heavy atom. The summed E-state index contributed by atoms with van der Waals surface area (Å²) in [7, 11) is -2.94. The Morgan fingerprint density at radius 1 is 0.923 bits per heavy atom. The van der Waals surface area contributed by atoms with Crippen molar-refractivity contribution in [2.45, 2.75) is 84.6 Å². The Kier molecular flexibility index (Phi) is 10.9. The molecule has 0 saturated carbocycles. The van der Waals surface area contributed by atoms with Crippen LogP contribution in [0.1, 0.15) is 75.1 Å². The Balaban J connectivity index is 1.35. The van der Waals surface area contributed by atoms with Gasteiger partial charge in [0.2, 0.25) is 0 Å². The number of carbonyl (C=O) groups is 2. The summed E-state index contributed by atoms with van der Waals surface area (Å²) < 4.78 is 13.1. The monoisotopic (exact) mass is 752 g/mol. The van der Waals surface area contributed by atoms with Crippen molar-refractivity contribution in [1.29, 1.82) is 0 Å². The first kappa shape index (κ1) is 37.6. The van der Waals surface area contributed by atoms with Crippen LogP contribution in [0.5, 0.6) is 0 Å². The number of ether oxygens (including phenoxy) is 1. The van der Waals surface area contributed by atoms with Crippen LogP contribution in [0, 0.1) is 12.3 Å². The van der Waals surface area contributed by atoms with Gasteiger partial charge in [-0.25, -0.2) is 14.8 Å². The lowest BCUT2D eigenvalue weighted by Gasteiger charge is -2.44. The van der Waals surface area contributed by atoms with E-state index in [4.69, 9.17) is 19.9 Å². The first-order valence-corrected chi connectivity index (χ1v) is 21.3. The predicted molar refractivity (Wildman–Crippen MR) is 213 cm³/mol. The molecule has 1 saturated heterocycles. The molecule has 0 radical (unpaired) electrons. The van der Waals surface area contributed by atoms with E-state index < -0.39 is 25.9 Å². The zero-order chi connectivity index (χ0) is 37.3. The van der Waals surface area contributed by atoms with Gasteiger partial charge < -0.3 is 19.8 Å². The third kappa shape index (κ3) is 7.78. The fraction of sp³-hybridized carbons (Fsp3) is 0.366. The summed E-state index contributed by atoms with van der Waals surface area (Å²) in [6.07, 6.45) is 0.847. The van der Waals surface area contributed by atoms with E-state index in [0.717, 1.165) is 27.6 Å². The fourth-order valence-electron chi connectivity index (χ4n) is 7.28. The molecule has 3 aromatic carbocycles. The number of nitrogens with two attached hydrogens (primary N) is 1. The summed E-state index contributed by atoms with van der Waals surface area (Å²) in [5, 5.41) is 2.94. The molecule has 1 aliphatic rings. The third-order valence-corrected chi connectivity index (χ3v) is 16.9. The minimum Gasteiger partial charge on any atom is -0.436 e. The molecular formula is C41H48N4O4S2Si. The van der Waals surface area contributed by atoms with Gasteiger partial charge in [-0.1, -0.05) is 126 Å². The minimum absolute atomic E-state index is 0.242. The highest BCUT2D eigenvalue weighted by molar-refractivity contribution is 7.13. The second-order valence-electron chi connectivity index (χ2n) is 15.6. The van der Waals surface area contributed by atoms with Crippen LogP contribution in [-0.2, 0) is 20.4 Å². The number of nitrogens with zero attached hydrogens (tertiary/aromatic N) is 3. The fourth-order valence-corrected chi connectivity index (χ4v) is 13.9. The highest BCUT2D eigenvalue weighted by atomic mass is 32.1. The van der Waals surface area contributed by atoms with Crippen LogP contribution in [0.3, 0.4) is 0 Å². The van der Waals surface area contributed by atoms with Crippen molar-refractivity contribution < 1.29 is 18.8 Å². The first-order valence-electron chi connectivity index (χ1n) is 17.7. The van der Waals surface area contributed by atoms with Gasteiger partial charge >= 0.3 is 6.09 Å². The van der Waals surface area contributed by atoms with Crippen molar-refractivity contribution in [1.82, 2.24) is 14.9 Å². The van der Waals surface area contributed by atoms with E-state index in [0.29, 0.717) is 13.0 Å². The average Bonchev–Trinajstić information content (AvgIpc) is 3.86. The van der Waals surface area contributed by atoms with Gasteiger partial charge in [0.25, 0.3) is 14.2 Å². The number of hydrogen-bond acceptors (Lipinski definition) is 8. The van der Waals surface area contributed by atoms with E-state index >= 15 is 0 Å². The van der Waals surface area contributed by atoms with Gasteiger partial charge in [0.05, 0.1) is 28.2 Å². The maximum Gasteiger partial charge on any atom is 0.405 e. The normalized spacial score (nSPS) is 17.2. The molecular weight excluding hydrogens is 705 g/mol. The molecule has 272 valence electrons. The molecule has 8 nitrogen and oxygen atoms in total. The van der Waals surface area contributed by atoms with Crippen molar-refractivity contribution in [3.05, 3.63) is 118 Å². The first-order chi connectivity index (χ1) is 24.7. The van der Waals surface area contributed by atoms with Crippen molar-refractivity contribution in [2.75, 3.05) is 6.54 Å². The van der Waals surface area contributed by atoms with Crippen LogP contribution >= 0.6 is 22.7 Å². The van der Waals surface area contributed by atoms with Gasteiger partial charge in [-0.3, -0.25) is 4.79 Å². The lowest BCUT2D eigenvalue weighted by atomic mass is 9.88. The molecule has 52 heavy (non-hydrogen) atoms. The lowest BCUT2D eigenvalue weighted by Crippen LogP contribution is -2.67. The predicted octanol–water partition coefficient (Wildman–Crippen LogP) is 7.89. The largest absolute Gasteiger partial charge is 0.436 e. The van der Waals surface area contributed by atoms with E-state index in [9.17, 15) is 9.59 Å². The average molecular weight is 753 g/mol. The molecule has 3 heterocycles. The molecule has 5 aromatic rings. The van der Waals surface area contributed by atoms with E-state index in [1.807, 2.05) is 56.4 Å². The van der Waals surface area contributed by atoms with Crippen LogP contribution in [0.15, 0.2) is 96.6 Å². The number of rotatable bonds is 10. The van der Waals surface area contributed by atoms with Crippen LogP contribution in [0.4, 0.5) is 4.79 Å². The molecule has 0 spiro atoms. The number of primary amides is 1. The molecule has 1 unspecified atom stereocenters. The lowest BCUT2D eigenvalue weighted by molar-refractivity contribution is -0.147. The molecule has 2 aromatic heterocycles. The molecule has 6 rings (SSSR count). The van der Waals surface area contributed by atoms with Gasteiger partial charge in [-0.2, -0.15) is 0 Å². The van der Waals surface area contributed by atoms with E-state index in [1.165, 1.54) is 20.8 Å². The Morgan fingerprint density at radius 2 is 1.54 bits per heavy atom. The number of benzene rings is 3. The Hall–Kier alpha value is -4.16. The summed E-state index contributed by atoms with van der Waals surface area (Å²) in [5.74, 6) is -0.296. The topological polar surface area (TPSA) is 108 Å². The highest BCUT2D eigenvalue weighted by Crippen LogP contribution is 2.43. The summed E-state index contributed by atoms with van der Waals surface area (Å²) in [5.41, 5.74) is 10.1. The molecule has 3 atom stereocenters. The van der Waals surface area contributed by atoms with Crippen molar-refractivity contribution >= 4 is 53.4 Å². The van der Waals surface area contributed by atoms with E-state index in [2.05, 4.69) is 98.6 Å². The number of amides is 2. The highest BCUT2D eigenvalue weighted by Gasteiger charge is 2.54. The van der Waals surface area contributed by atoms with Crippen molar-refractivity contribution in [3.8, 4) is 10.4 Å². The molecule has 2 N–H and O–H groups in total. The van der Waals surface area contributed by atoms with Crippen molar-refractivity contribution in [3.63, 3.8) is 0 Å². The smallest absolute Gasteiger partial charge is 0.405 e. The Bertz CT molecular complexity index is 1950. The SMILES string of the molecule is Cc1ncsc1-c1ccc(Cc2cnc([C@@H]3C[C@@H](O[Si](c4ccccc4)(c4ccccc4)C(C)(C)C)CN3C(=O)C(OC(N)=O)C(C)(C)C)s2)cc1. The molecule has 11 heteroatoms. The van der Waals surface area contributed by atoms with Gasteiger partial charge in [-0.05, 0) is 33.5 Å². The molecule has 2 amide bonds. The standard InChI is InChI=1S/C41H48N4O4S2Si/c1-27-35(50-26-44-27)29-20-18-28(19-21-29)22-31-24-43-37(51-31)34-23-30(25-45(34)38(46)36(40(2,3)4)48-39(42)47)49-52(41(5,6)7,32-14-10-8-11-15-32)33-16-12-9-13-17-33/h8-21,24,26,30,34,36H,22-23,25H2,1-7H3,(H2,42,47)/t30-,34+,36?/m1/s1. The number of thiazole rings is 2. The number of carbonyl (C=O) groups excluding carboxylic acids is 2. The second kappa shape index (κ2) is 15.1. The van der Waals surface area contributed by atoms with Crippen LogP contribution in [0.2, 0.25) is 5.04 Å². The van der Waals surface area contributed by atoms with Gasteiger partial charge in [0.1, 0.15) is 5.01 Å². The third-order valence-electron chi connectivity index (χ3n) is 9.75. The number of hydrogen-bond donors (Lipinski definition) is 1. The second-order valence-corrected chi connectivity index (χ2v) is 21.9. The zero-order valence-electron chi connectivity index (χ0n) is 31.0. The van der Waals surface area contributed by atoms with Crippen LogP contribution < -0.4 is 16.1 Å². The number of aryl methyl sites for hydroxylation is 1. The number of aromatic nitrogens is 2.